The first-order chi connectivity index (χ1) is 6.66. The quantitative estimate of drug-likeness (QED) is 0.784. The van der Waals surface area contributed by atoms with Gasteiger partial charge >= 0.3 is 0 Å². The number of halogens is 1. The summed E-state index contributed by atoms with van der Waals surface area (Å²) in [4.78, 5) is 9.66. The Bertz CT molecular complexity index is 338. The molecular weight excluding hydrogens is 183 g/mol. The average Bonchev–Trinajstić information content (AvgIpc) is 2.93. The van der Waals surface area contributed by atoms with Crippen molar-refractivity contribution in [2.45, 2.75) is 12.8 Å². The zero-order valence-electron chi connectivity index (χ0n) is 8.07. The second-order valence-electron chi connectivity index (χ2n) is 3.73. The van der Waals surface area contributed by atoms with Gasteiger partial charge in [0, 0.05) is 13.6 Å². The Morgan fingerprint density at radius 1 is 1.64 bits per heavy atom. The molecule has 1 aromatic heterocycles. The molecule has 1 aliphatic carbocycles. The van der Waals surface area contributed by atoms with Crippen molar-refractivity contribution in [3.63, 3.8) is 0 Å². The fraction of sp³-hybridized carbons (Fsp3) is 0.556. The topological polar surface area (TPSA) is 55.0 Å². The van der Waals surface area contributed by atoms with Crippen LogP contribution in [-0.4, -0.2) is 23.6 Å². The number of nitrogens with zero attached hydrogens (tertiary/aromatic N) is 3. The summed E-state index contributed by atoms with van der Waals surface area (Å²) < 4.78 is 12.8. The van der Waals surface area contributed by atoms with Crippen molar-refractivity contribution in [1.82, 2.24) is 9.97 Å². The number of hydrogen-bond donors (Lipinski definition) is 1. The maximum Gasteiger partial charge on any atom is 0.227 e. The summed E-state index contributed by atoms with van der Waals surface area (Å²) in [6.07, 6.45) is 3.64. The molecule has 2 N–H and O–H groups in total. The summed E-state index contributed by atoms with van der Waals surface area (Å²) in [7, 11) is 1.89. The molecule has 0 bridgehead atoms. The highest BCUT2D eigenvalue weighted by Gasteiger charge is 2.23. The van der Waals surface area contributed by atoms with Crippen molar-refractivity contribution < 1.29 is 4.39 Å². The second kappa shape index (κ2) is 3.40. The number of aromatic nitrogens is 2. The standard InChI is InChI=1S/C9H13FN4/c1-14(5-6-2-3-6)9-12-4-7(10)8(11)13-9/h4,6H,2-3,5H2,1H3,(H2,11,12,13). The van der Waals surface area contributed by atoms with Crippen LogP contribution in [0, 0.1) is 11.7 Å². The highest BCUT2D eigenvalue weighted by Crippen LogP contribution is 2.30. The van der Waals surface area contributed by atoms with E-state index in [4.69, 9.17) is 5.73 Å². The van der Waals surface area contributed by atoms with E-state index < -0.39 is 5.82 Å². The summed E-state index contributed by atoms with van der Waals surface area (Å²) in [5, 5.41) is 0. The normalized spacial score (nSPS) is 15.6. The average molecular weight is 196 g/mol. The van der Waals surface area contributed by atoms with Crippen molar-refractivity contribution in [1.29, 1.82) is 0 Å². The predicted molar refractivity (Wildman–Crippen MR) is 52.4 cm³/mol. The molecule has 0 amide bonds. The Morgan fingerprint density at radius 2 is 2.36 bits per heavy atom. The molecule has 1 aliphatic rings. The van der Waals surface area contributed by atoms with Crippen LogP contribution in [0.4, 0.5) is 16.2 Å². The van der Waals surface area contributed by atoms with Gasteiger partial charge < -0.3 is 10.6 Å². The van der Waals surface area contributed by atoms with Crippen LogP contribution in [0.1, 0.15) is 12.8 Å². The number of nitrogens with two attached hydrogens (primary N) is 1. The molecule has 0 atom stereocenters. The summed E-state index contributed by atoms with van der Waals surface area (Å²) in [6.45, 7) is 0.922. The molecule has 0 saturated heterocycles. The first-order valence-corrected chi connectivity index (χ1v) is 4.66. The maximum absolute atomic E-state index is 12.8. The van der Waals surface area contributed by atoms with Gasteiger partial charge in [0.05, 0.1) is 6.20 Å². The fourth-order valence-corrected chi connectivity index (χ4v) is 1.32. The zero-order valence-corrected chi connectivity index (χ0v) is 8.07. The molecule has 0 unspecified atom stereocenters. The lowest BCUT2D eigenvalue weighted by Gasteiger charge is -2.16. The molecule has 1 fully saturated rings. The molecule has 76 valence electrons. The van der Waals surface area contributed by atoms with E-state index >= 15 is 0 Å². The van der Waals surface area contributed by atoms with E-state index in [1.165, 1.54) is 12.8 Å². The third-order valence-corrected chi connectivity index (χ3v) is 2.33. The van der Waals surface area contributed by atoms with Gasteiger partial charge in [-0.05, 0) is 18.8 Å². The summed E-state index contributed by atoms with van der Waals surface area (Å²) in [5.74, 6) is 0.594. The molecule has 0 radical (unpaired) electrons. The molecule has 1 saturated carbocycles. The Balaban J connectivity index is 2.10. The first kappa shape index (κ1) is 9.18. The monoisotopic (exact) mass is 196 g/mol. The minimum Gasteiger partial charge on any atom is -0.381 e. The van der Waals surface area contributed by atoms with Crippen molar-refractivity contribution in [2.24, 2.45) is 5.92 Å². The highest BCUT2D eigenvalue weighted by atomic mass is 19.1. The second-order valence-corrected chi connectivity index (χ2v) is 3.73. The van der Waals surface area contributed by atoms with Crippen molar-refractivity contribution in [2.75, 3.05) is 24.2 Å². The Hall–Kier alpha value is -1.39. The Kier molecular flexibility index (Phi) is 2.23. The first-order valence-electron chi connectivity index (χ1n) is 4.66. The third-order valence-electron chi connectivity index (χ3n) is 2.33. The molecule has 1 heterocycles. The van der Waals surface area contributed by atoms with Crippen LogP contribution in [0.5, 0.6) is 0 Å². The number of nitrogen functional groups attached to an aromatic ring is 1. The molecular formula is C9H13FN4. The van der Waals surface area contributed by atoms with Gasteiger partial charge in [0.1, 0.15) is 0 Å². The van der Waals surface area contributed by atoms with E-state index in [0.29, 0.717) is 5.95 Å². The van der Waals surface area contributed by atoms with Crippen molar-refractivity contribution in [3.8, 4) is 0 Å². The van der Waals surface area contributed by atoms with Gasteiger partial charge in [0.15, 0.2) is 11.6 Å². The van der Waals surface area contributed by atoms with E-state index in [-0.39, 0.29) is 5.82 Å². The smallest absolute Gasteiger partial charge is 0.227 e. The SMILES string of the molecule is CN(CC1CC1)c1ncc(F)c(N)n1. The van der Waals surface area contributed by atoms with Gasteiger partial charge in [0.25, 0.3) is 0 Å². The van der Waals surface area contributed by atoms with Gasteiger partial charge in [-0.2, -0.15) is 4.98 Å². The molecule has 5 heteroatoms. The van der Waals surface area contributed by atoms with Crippen molar-refractivity contribution in [3.05, 3.63) is 12.0 Å². The van der Waals surface area contributed by atoms with E-state index in [2.05, 4.69) is 9.97 Å². The molecule has 0 spiro atoms. The number of anilines is 2. The lowest BCUT2D eigenvalue weighted by atomic mass is 10.4. The fourth-order valence-electron chi connectivity index (χ4n) is 1.32. The van der Waals surface area contributed by atoms with Crippen LogP contribution in [0.2, 0.25) is 0 Å². The molecule has 0 aliphatic heterocycles. The molecule has 2 rings (SSSR count). The van der Waals surface area contributed by atoms with Crippen molar-refractivity contribution >= 4 is 11.8 Å². The zero-order chi connectivity index (χ0) is 10.1. The highest BCUT2D eigenvalue weighted by molar-refractivity contribution is 5.38. The lowest BCUT2D eigenvalue weighted by molar-refractivity contribution is 0.617. The minimum atomic E-state index is -0.562. The van der Waals surface area contributed by atoms with Gasteiger partial charge in [-0.3, -0.25) is 0 Å². The lowest BCUT2D eigenvalue weighted by Crippen LogP contribution is -2.22. The Labute approximate surface area is 82.0 Å². The summed E-state index contributed by atoms with van der Waals surface area (Å²) >= 11 is 0. The van der Waals surface area contributed by atoms with E-state index in [9.17, 15) is 4.39 Å². The largest absolute Gasteiger partial charge is 0.381 e. The minimum absolute atomic E-state index is 0.0855. The number of rotatable bonds is 3. The van der Waals surface area contributed by atoms with Gasteiger partial charge in [-0.15, -0.1) is 0 Å². The summed E-state index contributed by atoms with van der Waals surface area (Å²) in [6, 6.07) is 0. The van der Waals surface area contributed by atoms with Crippen LogP contribution in [-0.2, 0) is 0 Å². The Morgan fingerprint density at radius 3 is 2.93 bits per heavy atom. The maximum atomic E-state index is 12.8. The van der Waals surface area contributed by atoms with E-state index in [0.717, 1.165) is 18.7 Å². The molecule has 14 heavy (non-hydrogen) atoms. The molecule has 0 aromatic carbocycles. The van der Waals surface area contributed by atoms with Crippen LogP contribution in [0.3, 0.4) is 0 Å². The van der Waals surface area contributed by atoms with Crippen LogP contribution < -0.4 is 10.6 Å². The predicted octanol–water partition coefficient (Wildman–Crippen LogP) is 1.04. The van der Waals surface area contributed by atoms with E-state index in [1.807, 2.05) is 11.9 Å². The van der Waals surface area contributed by atoms with Crippen LogP contribution in [0.25, 0.3) is 0 Å². The third kappa shape index (κ3) is 1.92. The number of hydrogen-bond acceptors (Lipinski definition) is 4. The molecule has 1 aromatic rings. The van der Waals surface area contributed by atoms with Gasteiger partial charge in [0.2, 0.25) is 5.95 Å². The van der Waals surface area contributed by atoms with E-state index in [1.54, 1.807) is 0 Å². The van der Waals surface area contributed by atoms with Crippen LogP contribution in [0.15, 0.2) is 6.20 Å². The summed E-state index contributed by atoms with van der Waals surface area (Å²) in [5.41, 5.74) is 5.35. The van der Waals surface area contributed by atoms with Gasteiger partial charge in [-0.25, -0.2) is 9.37 Å². The van der Waals surface area contributed by atoms with Crippen LogP contribution >= 0.6 is 0 Å². The van der Waals surface area contributed by atoms with Gasteiger partial charge in [-0.1, -0.05) is 0 Å². The molecule has 4 nitrogen and oxygen atoms in total.